The lowest BCUT2D eigenvalue weighted by molar-refractivity contribution is 0.0654. The second-order valence-electron chi connectivity index (χ2n) is 5.71. The highest BCUT2D eigenvalue weighted by Crippen LogP contribution is 2.17. The molecule has 0 aromatic heterocycles. The van der Waals surface area contributed by atoms with Gasteiger partial charge >= 0.3 is 0 Å². The van der Waals surface area contributed by atoms with Crippen LogP contribution in [-0.4, -0.2) is 49.5 Å². The number of hydrogen-bond donors (Lipinski definition) is 1. The molecular formula is C17H27NO3. The highest BCUT2D eigenvalue weighted by atomic mass is 16.5. The SMILES string of the molecule is COc1ccc(OCC(O)CN2CCCCCCC2)cc1. The molecule has 0 bridgehead atoms. The molecular weight excluding hydrogens is 266 g/mol. The Labute approximate surface area is 127 Å². The van der Waals surface area contributed by atoms with Crippen molar-refractivity contribution in [1.29, 1.82) is 0 Å². The van der Waals surface area contributed by atoms with Crippen LogP contribution < -0.4 is 9.47 Å². The number of β-amino-alcohol motifs (C(OH)–C–C–N with tert-alkyl or cyclic N) is 1. The summed E-state index contributed by atoms with van der Waals surface area (Å²) in [6.07, 6.45) is 6.03. The van der Waals surface area contributed by atoms with Crippen LogP contribution in [0.2, 0.25) is 0 Å². The monoisotopic (exact) mass is 293 g/mol. The molecule has 1 unspecified atom stereocenters. The largest absolute Gasteiger partial charge is 0.497 e. The van der Waals surface area contributed by atoms with Crippen LogP contribution in [0, 0.1) is 0 Å². The molecule has 1 aromatic rings. The van der Waals surface area contributed by atoms with Gasteiger partial charge in [-0.1, -0.05) is 19.3 Å². The molecule has 0 amide bonds. The molecule has 4 nitrogen and oxygen atoms in total. The van der Waals surface area contributed by atoms with Gasteiger partial charge in [0.25, 0.3) is 0 Å². The maximum atomic E-state index is 10.1. The second kappa shape index (κ2) is 8.90. The molecule has 4 heteroatoms. The smallest absolute Gasteiger partial charge is 0.119 e. The number of rotatable bonds is 6. The Morgan fingerprint density at radius 2 is 1.57 bits per heavy atom. The molecule has 1 fully saturated rings. The normalized spacial score (nSPS) is 18.6. The van der Waals surface area contributed by atoms with Crippen LogP contribution >= 0.6 is 0 Å². The summed E-state index contributed by atoms with van der Waals surface area (Å²) < 4.78 is 10.7. The third-order valence-electron chi connectivity index (χ3n) is 3.92. The first-order valence-corrected chi connectivity index (χ1v) is 7.95. The fourth-order valence-electron chi connectivity index (χ4n) is 2.71. The van der Waals surface area contributed by atoms with Crippen molar-refractivity contribution < 1.29 is 14.6 Å². The van der Waals surface area contributed by atoms with E-state index >= 15 is 0 Å². The van der Waals surface area contributed by atoms with Gasteiger partial charge < -0.3 is 19.5 Å². The molecule has 1 aliphatic heterocycles. The number of likely N-dealkylation sites (tertiary alicyclic amines) is 1. The zero-order chi connectivity index (χ0) is 14.9. The number of ether oxygens (including phenoxy) is 2. The number of nitrogens with zero attached hydrogens (tertiary/aromatic N) is 1. The summed E-state index contributed by atoms with van der Waals surface area (Å²) in [6.45, 7) is 3.23. The molecule has 0 spiro atoms. The molecule has 2 rings (SSSR count). The molecule has 1 atom stereocenters. The summed E-state index contributed by atoms with van der Waals surface area (Å²) in [5.74, 6) is 1.58. The fourth-order valence-corrected chi connectivity index (χ4v) is 2.71. The zero-order valence-electron chi connectivity index (χ0n) is 13.0. The van der Waals surface area contributed by atoms with E-state index in [4.69, 9.17) is 9.47 Å². The second-order valence-corrected chi connectivity index (χ2v) is 5.71. The van der Waals surface area contributed by atoms with Crippen molar-refractivity contribution >= 4 is 0 Å². The predicted octanol–water partition coefficient (Wildman–Crippen LogP) is 2.70. The third kappa shape index (κ3) is 5.94. The number of benzene rings is 1. The maximum Gasteiger partial charge on any atom is 0.119 e. The van der Waals surface area contributed by atoms with Crippen molar-refractivity contribution in [1.82, 2.24) is 4.90 Å². The van der Waals surface area contributed by atoms with Gasteiger partial charge in [-0.2, -0.15) is 0 Å². The van der Waals surface area contributed by atoms with Gasteiger partial charge in [0.15, 0.2) is 0 Å². The van der Waals surface area contributed by atoms with E-state index < -0.39 is 6.10 Å². The Bertz CT molecular complexity index is 386. The maximum absolute atomic E-state index is 10.1. The molecule has 1 aliphatic rings. The summed E-state index contributed by atoms with van der Waals surface area (Å²) in [5, 5.41) is 10.1. The van der Waals surface area contributed by atoms with Gasteiger partial charge in [-0.3, -0.25) is 0 Å². The Morgan fingerprint density at radius 3 is 2.19 bits per heavy atom. The number of aliphatic hydroxyl groups excluding tert-OH is 1. The molecule has 1 N–H and O–H groups in total. The van der Waals surface area contributed by atoms with Crippen LogP contribution in [0.15, 0.2) is 24.3 Å². The molecule has 118 valence electrons. The van der Waals surface area contributed by atoms with Crippen molar-refractivity contribution in [3.8, 4) is 11.5 Å². The summed E-state index contributed by atoms with van der Waals surface area (Å²) >= 11 is 0. The number of aliphatic hydroxyl groups is 1. The molecule has 0 saturated carbocycles. The van der Waals surface area contributed by atoms with Gasteiger partial charge in [0.2, 0.25) is 0 Å². The van der Waals surface area contributed by atoms with E-state index in [0.717, 1.165) is 24.6 Å². The van der Waals surface area contributed by atoms with Crippen molar-refractivity contribution in [2.45, 2.75) is 38.2 Å². The molecule has 1 saturated heterocycles. The third-order valence-corrected chi connectivity index (χ3v) is 3.92. The van der Waals surface area contributed by atoms with Gasteiger partial charge in [-0.05, 0) is 50.2 Å². The van der Waals surface area contributed by atoms with Crippen molar-refractivity contribution in [3.05, 3.63) is 24.3 Å². The first-order valence-electron chi connectivity index (χ1n) is 7.95. The van der Waals surface area contributed by atoms with Crippen molar-refractivity contribution in [2.75, 3.05) is 33.4 Å². The van der Waals surface area contributed by atoms with E-state index in [9.17, 15) is 5.11 Å². The summed E-state index contributed by atoms with van der Waals surface area (Å²) in [7, 11) is 1.64. The quantitative estimate of drug-likeness (QED) is 0.875. The fraction of sp³-hybridized carbons (Fsp3) is 0.647. The van der Waals surface area contributed by atoms with E-state index in [0.29, 0.717) is 13.2 Å². The average Bonchev–Trinajstić information content (AvgIpc) is 2.48. The van der Waals surface area contributed by atoms with Crippen LogP contribution in [0.3, 0.4) is 0 Å². The van der Waals surface area contributed by atoms with E-state index in [2.05, 4.69) is 4.90 Å². The molecule has 0 aliphatic carbocycles. The summed E-state index contributed by atoms with van der Waals surface area (Å²) in [4.78, 5) is 2.36. The van der Waals surface area contributed by atoms with Crippen LogP contribution in [-0.2, 0) is 0 Å². The average molecular weight is 293 g/mol. The number of methoxy groups -OCH3 is 1. The van der Waals surface area contributed by atoms with Gasteiger partial charge in [-0.15, -0.1) is 0 Å². The van der Waals surface area contributed by atoms with E-state index in [1.165, 1.54) is 32.1 Å². The lowest BCUT2D eigenvalue weighted by Gasteiger charge is -2.26. The molecule has 0 radical (unpaired) electrons. The summed E-state index contributed by atoms with van der Waals surface area (Å²) in [5.41, 5.74) is 0. The van der Waals surface area contributed by atoms with Crippen molar-refractivity contribution in [3.63, 3.8) is 0 Å². The Morgan fingerprint density at radius 1 is 1.00 bits per heavy atom. The molecule has 1 heterocycles. The standard InChI is InChI=1S/C17H27NO3/c1-20-16-7-9-17(10-8-16)21-14-15(19)13-18-11-5-3-2-4-6-12-18/h7-10,15,19H,2-6,11-14H2,1H3. The Kier molecular flexibility index (Phi) is 6.83. The van der Waals surface area contributed by atoms with E-state index in [1.54, 1.807) is 7.11 Å². The zero-order valence-corrected chi connectivity index (χ0v) is 13.0. The Hall–Kier alpha value is -1.26. The predicted molar refractivity (Wildman–Crippen MR) is 84.0 cm³/mol. The van der Waals surface area contributed by atoms with Gasteiger partial charge in [0, 0.05) is 6.54 Å². The lowest BCUT2D eigenvalue weighted by atomic mass is 10.1. The first kappa shape index (κ1) is 16.1. The van der Waals surface area contributed by atoms with Crippen LogP contribution in [0.4, 0.5) is 0 Å². The van der Waals surface area contributed by atoms with Gasteiger partial charge in [0.05, 0.1) is 7.11 Å². The first-order chi connectivity index (χ1) is 10.3. The minimum atomic E-state index is -0.438. The van der Waals surface area contributed by atoms with Crippen LogP contribution in [0.25, 0.3) is 0 Å². The Balaban J connectivity index is 1.71. The minimum absolute atomic E-state index is 0.336. The highest BCUT2D eigenvalue weighted by Gasteiger charge is 2.13. The minimum Gasteiger partial charge on any atom is -0.497 e. The molecule has 1 aromatic carbocycles. The number of hydrogen-bond acceptors (Lipinski definition) is 4. The van der Waals surface area contributed by atoms with Crippen LogP contribution in [0.5, 0.6) is 11.5 Å². The lowest BCUT2D eigenvalue weighted by Crippen LogP contribution is -2.37. The van der Waals surface area contributed by atoms with E-state index in [1.807, 2.05) is 24.3 Å². The highest BCUT2D eigenvalue weighted by molar-refractivity contribution is 5.31. The van der Waals surface area contributed by atoms with Crippen LogP contribution in [0.1, 0.15) is 32.1 Å². The van der Waals surface area contributed by atoms with E-state index in [-0.39, 0.29) is 0 Å². The molecule has 21 heavy (non-hydrogen) atoms. The van der Waals surface area contributed by atoms with Gasteiger partial charge in [0.1, 0.15) is 24.2 Å². The summed E-state index contributed by atoms with van der Waals surface area (Å²) in [6, 6.07) is 7.45. The van der Waals surface area contributed by atoms with Gasteiger partial charge in [-0.25, -0.2) is 0 Å². The van der Waals surface area contributed by atoms with Crippen molar-refractivity contribution in [2.24, 2.45) is 0 Å². The topological polar surface area (TPSA) is 41.9 Å².